The van der Waals surface area contributed by atoms with Gasteiger partial charge in [0, 0.05) is 31.1 Å². The molecule has 1 N–H and O–H groups in total. The van der Waals surface area contributed by atoms with Gasteiger partial charge < -0.3 is 14.8 Å². The minimum Gasteiger partial charge on any atom is -0.493 e. The van der Waals surface area contributed by atoms with Crippen molar-refractivity contribution in [3.8, 4) is 11.5 Å². The van der Waals surface area contributed by atoms with Crippen LogP contribution in [-0.4, -0.2) is 13.2 Å². The van der Waals surface area contributed by atoms with E-state index in [9.17, 15) is 0 Å². The van der Waals surface area contributed by atoms with E-state index in [1.54, 1.807) is 18.4 Å². The molecule has 0 saturated carbocycles. The maximum absolute atomic E-state index is 6.29. The molecule has 0 saturated heterocycles. The van der Waals surface area contributed by atoms with Gasteiger partial charge in [0.2, 0.25) is 0 Å². The van der Waals surface area contributed by atoms with Crippen LogP contribution >= 0.6 is 11.3 Å². The van der Waals surface area contributed by atoms with Gasteiger partial charge in [0.05, 0.1) is 7.11 Å². The maximum atomic E-state index is 6.29. The van der Waals surface area contributed by atoms with E-state index in [2.05, 4.69) is 46.4 Å². The number of anilines is 1. The lowest BCUT2D eigenvalue weighted by atomic mass is 10.1. The lowest BCUT2D eigenvalue weighted by molar-refractivity contribution is 0.204. The number of benzene rings is 2. The van der Waals surface area contributed by atoms with Gasteiger partial charge >= 0.3 is 0 Å². The third kappa shape index (κ3) is 3.64. The summed E-state index contributed by atoms with van der Waals surface area (Å²) in [7, 11) is 1.68. The van der Waals surface area contributed by atoms with Gasteiger partial charge in [-0.2, -0.15) is 11.3 Å². The molecule has 1 heterocycles. The van der Waals surface area contributed by atoms with Crippen LogP contribution in [0, 0.1) is 0 Å². The van der Waals surface area contributed by atoms with Gasteiger partial charge in [0.25, 0.3) is 0 Å². The minimum absolute atomic E-state index is 0.165. The second-order valence-corrected chi connectivity index (χ2v) is 7.05. The number of rotatable bonds is 6. The Morgan fingerprint density at radius 1 is 1.04 bits per heavy atom. The molecule has 4 rings (SSSR count). The molecule has 1 aliphatic rings. The molecule has 4 heteroatoms. The quantitative estimate of drug-likeness (QED) is 0.684. The summed E-state index contributed by atoms with van der Waals surface area (Å²) in [4.78, 5) is 0. The average molecular weight is 351 g/mol. The summed E-state index contributed by atoms with van der Waals surface area (Å²) in [5.74, 6) is 1.58. The molecule has 1 aliphatic carbocycles. The third-order valence-electron chi connectivity index (χ3n) is 4.55. The van der Waals surface area contributed by atoms with Crippen LogP contribution in [0.25, 0.3) is 0 Å². The molecule has 0 bridgehead atoms. The first-order valence-corrected chi connectivity index (χ1v) is 9.42. The fourth-order valence-corrected chi connectivity index (χ4v) is 3.93. The number of fused-ring (bicyclic) bond motifs is 1. The van der Waals surface area contributed by atoms with Crippen molar-refractivity contribution in [2.24, 2.45) is 0 Å². The van der Waals surface area contributed by atoms with Gasteiger partial charge in [0.15, 0.2) is 11.5 Å². The lowest BCUT2D eigenvalue weighted by Gasteiger charge is -2.17. The Bertz CT molecular complexity index is 820. The van der Waals surface area contributed by atoms with Crippen molar-refractivity contribution >= 4 is 17.0 Å². The van der Waals surface area contributed by atoms with Crippen LogP contribution in [0.1, 0.15) is 16.7 Å². The molecule has 3 nitrogen and oxygen atoms in total. The topological polar surface area (TPSA) is 30.5 Å². The van der Waals surface area contributed by atoms with Crippen molar-refractivity contribution in [2.75, 3.05) is 12.4 Å². The Balaban J connectivity index is 1.47. The Labute approximate surface area is 152 Å². The van der Waals surface area contributed by atoms with E-state index in [4.69, 9.17) is 9.47 Å². The van der Waals surface area contributed by atoms with Crippen molar-refractivity contribution in [3.63, 3.8) is 0 Å². The number of hydrogen-bond donors (Lipinski definition) is 1. The Morgan fingerprint density at radius 2 is 1.84 bits per heavy atom. The van der Waals surface area contributed by atoms with Crippen molar-refractivity contribution in [2.45, 2.75) is 25.5 Å². The van der Waals surface area contributed by atoms with Crippen LogP contribution in [0.3, 0.4) is 0 Å². The van der Waals surface area contributed by atoms with Crippen LogP contribution < -0.4 is 14.8 Å². The van der Waals surface area contributed by atoms with Crippen LogP contribution in [-0.2, 0) is 19.4 Å². The number of methoxy groups -OCH3 is 1. The number of thiophene rings is 1. The smallest absolute Gasteiger partial charge is 0.163 e. The number of ether oxygens (including phenoxy) is 2. The number of nitrogens with one attached hydrogen (secondary N) is 1. The zero-order valence-electron chi connectivity index (χ0n) is 14.2. The molecule has 25 heavy (non-hydrogen) atoms. The molecule has 0 aliphatic heterocycles. The van der Waals surface area contributed by atoms with E-state index in [0.29, 0.717) is 0 Å². The first kappa shape index (κ1) is 16.0. The largest absolute Gasteiger partial charge is 0.493 e. The normalized spacial score (nSPS) is 13.5. The highest BCUT2D eigenvalue weighted by Gasteiger charge is 2.23. The van der Waals surface area contributed by atoms with Crippen LogP contribution in [0.15, 0.2) is 59.3 Å². The van der Waals surface area contributed by atoms with Gasteiger partial charge in [-0.05, 0) is 45.6 Å². The third-order valence-corrected chi connectivity index (χ3v) is 5.28. The predicted molar refractivity (Wildman–Crippen MR) is 103 cm³/mol. The van der Waals surface area contributed by atoms with Crippen molar-refractivity contribution in [1.29, 1.82) is 0 Å². The summed E-state index contributed by atoms with van der Waals surface area (Å²) in [6, 6.07) is 16.7. The SMILES string of the molecule is COc1ccc(NCc2ccsc2)cc1OC1Cc2ccccc2C1. The van der Waals surface area contributed by atoms with Gasteiger partial charge in [-0.25, -0.2) is 0 Å². The molecule has 1 aromatic heterocycles. The summed E-state index contributed by atoms with van der Waals surface area (Å²) in [5.41, 5.74) is 5.10. The summed E-state index contributed by atoms with van der Waals surface area (Å²) in [5, 5.41) is 7.70. The van der Waals surface area contributed by atoms with E-state index in [1.165, 1.54) is 16.7 Å². The molecule has 0 amide bonds. The molecular weight excluding hydrogens is 330 g/mol. The molecule has 3 aromatic rings. The molecule has 0 unspecified atom stereocenters. The fourth-order valence-electron chi connectivity index (χ4n) is 3.26. The first-order valence-electron chi connectivity index (χ1n) is 8.48. The zero-order chi connectivity index (χ0) is 17.1. The summed E-state index contributed by atoms with van der Waals surface area (Å²) in [6.07, 6.45) is 2.07. The van der Waals surface area contributed by atoms with Gasteiger partial charge in [-0.15, -0.1) is 0 Å². The van der Waals surface area contributed by atoms with Crippen LogP contribution in [0.5, 0.6) is 11.5 Å². The monoisotopic (exact) mass is 351 g/mol. The van der Waals surface area contributed by atoms with E-state index in [0.717, 1.165) is 36.6 Å². The Kier molecular flexibility index (Phi) is 4.61. The van der Waals surface area contributed by atoms with Crippen molar-refractivity contribution in [1.82, 2.24) is 0 Å². The molecular formula is C21H21NO2S. The summed E-state index contributed by atoms with van der Waals surface area (Å²) in [6.45, 7) is 0.810. The van der Waals surface area contributed by atoms with E-state index >= 15 is 0 Å². The van der Waals surface area contributed by atoms with Crippen molar-refractivity contribution in [3.05, 3.63) is 76.0 Å². The predicted octanol–water partition coefficient (Wildman–Crippen LogP) is 4.92. The maximum Gasteiger partial charge on any atom is 0.163 e. The summed E-state index contributed by atoms with van der Waals surface area (Å²) >= 11 is 1.71. The zero-order valence-corrected chi connectivity index (χ0v) is 15.0. The highest BCUT2D eigenvalue weighted by Crippen LogP contribution is 2.34. The van der Waals surface area contributed by atoms with Crippen LogP contribution in [0.4, 0.5) is 5.69 Å². The molecule has 0 atom stereocenters. The first-order chi connectivity index (χ1) is 12.3. The highest BCUT2D eigenvalue weighted by atomic mass is 32.1. The molecule has 0 fully saturated rings. The average Bonchev–Trinajstić information content (AvgIpc) is 3.29. The second kappa shape index (κ2) is 7.19. The van der Waals surface area contributed by atoms with E-state index < -0.39 is 0 Å². The number of hydrogen-bond acceptors (Lipinski definition) is 4. The van der Waals surface area contributed by atoms with Gasteiger partial charge in [0.1, 0.15) is 6.10 Å². The van der Waals surface area contributed by atoms with Crippen LogP contribution in [0.2, 0.25) is 0 Å². The molecule has 2 aromatic carbocycles. The Hall–Kier alpha value is -2.46. The second-order valence-electron chi connectivity index (χ2n) is 6.27. The van der Waals surface area contributed by atoms with E-state index in [1.807, 2.05) is 18.2 Å². The molecule has 128 valence electrons. The lowest BCUT2D eigenvalue weighted by Crippen LogP contribution is -2.17. The van der Waals surface area contributed by atoms with Gasteiger partial charge in [-0.1, -0.05) is 24.3 Å². The van der Waals surface area contributed by atoms with E-state index in [-0.39, 0.29) is 6.10 Å². The van der Waals surface area contributed by atoms with Gasteiger partial charge in [-0.3, -0.25) is 0 Å². The van der Waals surface area contributed by atoms with Crippen molar-refractivity contribution < 1.29 is 9.47 Å². The molecule has 0 spiro atoms. The highest BCUT2D eigenvalue weighted by molar-refractivity contribution is 7.07. The summed E-state index contributed by atoms with van der Waals surface area (Å²) < 4.78 is 11.8. The Morgan fingerprint density at radius 3 is 2.52 bits per heavy atom. The molecule has 0 radical (unpaired) electrons. The fraction of sp³-hybridized carbons (Fsp3) is 0.238. The minimum atomic E-state index is 0.165. The standard InChI is InChI=1S/C21H21NO2S/c1-23-20-7-6-18(22-13-15-8-9-25-14-15)12-21(20)24-19-10-16-4-2-3-5-17(16)11-19/h2-9,12,14,19,22H,10-11,13H2,1H3.